The standard InChI is InChI=1S/C21H21NO7/c1-3-17(23)14-8-10-15(11-9-14)28-13-20(25)29-12-19(24)22-21(26)16-6-4-5-7-18(16)27-2/h4-11H,3,12-13H2,1-2H3,(H,22,24,26). The van der Waals surface area contributed by atoms with Crippen molar-refractivity contribution in [1.82, 2.24) is 5.32 Å². The third-order valence-electron chi connectivity index (χ3n) is 3.82. The summed E-state index contributed by atoms with van der Waals surface area (Å²) < 4.78 is 15.1. The second kappa shape index (κ2) is 10.6. The van der Waals surface area contributed by atoms with Gasteiger partial charge in [-0.3, -0.25) is 19.7 Å². The largest absolute Gasteiger partial charge is 0.496 e. The predicted molar refractivity (Wildman–Crippen MR) is 103 cm³/mol. The molecule has 2 rings (SSSR count). The van der Waals surface area contributed by atoms with Gasteiger partial charge in [-0.05, 0) is 36.4 Å². The van der Waals surface area contributed by atoms with Gasteiger partial charge >= 0.3 is 5.97 Å². The first kappa shape index (κ1) is 21.6. The number of amides is 2. The summed E-state index contributed by atoms with van der Waals surface area (Å²) in [6.07, 6.45) is 0.397. The van der Waals surface area contributed by atoms with Gasteiger partial charge in [-0.2, -0.15) is 0 Å². The van der Waals surface area contributed by atoms with E-state index in [1.165, 1.54) is 13.2 Å². The molecule has 8 nitrogen and oxygen atoms in total. The lowest BCUT2D eigenvalue weighted by Crippen LogP contribution is -2.34. The number of ketones is 1. The summed E-state index contributed by atoms with van der Waals surface area (Å²) in [5, 5.41) is 2.11. The number of ether oxygens (including phenoxy) is 3. The zero-order valence-electron chi connectivity index (χ0n) is 16.1. The first-order valence-corrected chi connectivity index (χ1v) is 8.83. The number of carbonyl (C=O) groups is 4. The molecular weight excluding hydrogens is 378 g/mol. The summed E-state index contributed by atoms with van der Waals surface area (Å²) in [7, 11) is 1.41. The molecule has 0 aromatic heterocycles. The maximum atomic E-state index is 12.1. The Morgan fingerprint density at radius 3 is 2.28 bits per heavy atom. The molecule has 0 heterocycles. The maximum absolute atomic E-state index is 12.1. The van der Waals surface area contributed by atoms with E-state index in [2.05, 4.69) is 5.32 Å². The molecule has 0 unspecified atom stereocenters. The summed E-state index contributed by atoms with van der Waals surface area (Å²) in [5.74, 6) is -1.53. The SMILES string of the molecule is CCC(=O)c1ccc(OCC(=O)OCC(=O)NC(=O)c2ccccc2OC)cc1. The molecule has 152 valence electrons. The van der Waals surface area contributed by atoms with Crippen molar-refractivity contribution in [3.63, 3.8) is 0 Å². The van der Waals surface area contributed by atoms with Crippen LogP contribution in [-0.2, 0) is 14.3 Å². The fourth-order valence-corrected chi connectivity index (χ4v) is 2.33. The van der Waals surface area contributed by atoms with Gasteiger partial charge in [0.05, 0.1) is 12.7 Å². The highest BCUT2D eigenvalue weighted by Crippen LogP contribution is 2.16. The van der Waals surface area contributed by atoms with Gasteiger partial charge in [-0.1, -0.05) is 19.1 Å². The summed E-state index contributed by atoms with van der Waals surface area (Å²) in [6.45, 7) is 0.713. The zero-order chi connectivity index (χ0) is 21.2. The number of hydrogen-bond acceptors (Lipinski definition) is 7. The second-order valence-corrected chi connectivity index (χ2v) is 5.83. The molecular formula is C21H21NO7. The van der Waals surface area contributed by atoms with Crippen LogP contribution in [0.15, 0.2) is 48.5 Å². The van der Waals surface area contributed by atoms with E-state index >= 15 is 0 Å². The summed E-state index contributed by atoms with van der Waals surface area (Å²) in [4.78, 5) is 47.2. The van der Waals surface area contributed by atoms with Crippen LogP contribution in [0.1, 0.15) is 34.1 Å². The minimum Gasteiger partial charge on any atom is -0.496 e. The quantitative estimate of drug-likeness (QED) is 0.508. The highest BCUT2D eigenvalue weighted by molar-refractivity contribution is 6.06. The Balaban J connectivity index is 1.76. The van der Waals surface area contributed by atoms with Crippen LogP contribution in [0.3, 0.4) is 0 Å². The maximum Gasteiger partial charge on any atom is 0.344 e. The van der Waals surface area contributed by atoms with Crippen molar-refractivity contribution in [3.8, 4) is 11.5 Å². The Morgan fingerprint density at radius 1 is 0.931 bits per heavy atom. The van der Waals surface area contributed by atoms with Crippen molar-refractivity contribution in [3.05, 3.63) is 59.7 Å². The van der Waals surface area contributed by atoms with Gasteiger partial charge in [-0.15, -0.1) is 0 Å². The molecule has 0 radical (unpaired) electrons. The van der Waals surface area contributed by atoms with Crippen LogP contribution in [-0.4, -0.2) is 43.9 Å². The van der Waals surface area contributed by atoms with Crippen molar-refractivity contribution < 1.29 is 33.4 Å². The number of imide groups is 1. The number of methoxy groups -OCH3 is 1. The predicted octanol–water partition coefficient (Wildman–Crippen LogP) is 2.17. The molecule has 0 saturated carbocycles. The Hall–Kier alpha value is -3.68. The van der Waals surface area contributed by atoms with Crippen molar-refractivity contribution in [1.29, 1.82) is 0 Å². The summed E-state index contributed by atoms with van der Waals surface area (Å²) >= 11 is 0. The Bertz CT molecular complexity index is 890. The molecule has 8 heteroatoms. The fourth-order valence-electron chi connectivity index (χ4n) is 2.33. The van der Waals surface area contributed by atoms with Crippen molar-refractivity contribution in [2.24, 2.45) is 0 Å². The average molecular weight is 399 g/mol. The van der Waals surface area contributed by atoms with Crippen molar-refractivity contribution in [2.45, 2.75) is 13.3 Å². The molecule has 0 aliphatic rings. The van der Waals surface area contributed by atoms with Crippen LogP contribution in [0.5, 0.6) is 11.5 Å². The molecule has 0 saturated heterocycles. The number of esters is 1. The molecule has 2 amide bonds. The lowest BCUT2D eigenvalue weighted by molar-refractivity contribution is -0.150. The van der Waals surface area contributed by atoms with E-state index in [-0.39, 0.29) is 11.3 Å². The minimum absolute atomic E-state index is 0.00430. The van der Waals surface area contributed by atoms with Gasteiger partial charge in [0.25, 0.3) is 11.8 Å². The van der Waals surface area contributed by atoms with E-state index in [0.29, 0.717) is 23.5 Å². The van der Waals surface area contributed by atoms with Crippen LogP contribution in [0.4, 0.5) is 0 Å². The molecule has 0 fully saturated rings. The Labute approximate surface area is 167 Å². The topological polar surface area (TPSA) is 108 Å². The van der Waals surface area contributed by atoms with Gasteiger partial charge in [0.2, 0.25) is 0 Å². The van der Waals surface area contributed by atoms with Crippen LogP contribution in [0.2, 0.25) is 0 Å². The number of hydrogen-bond donors (Lipinski definition) is 1. The molecule has 0 bridgehead atoms. The van der Waals surface area contributed by atoms with Crippen LogP contribution >= 0.6 is 0 Å². The summed E-state index contributed by atoms with van der Waals surface area (Å²) in [5.41, 5.74) is 0.738. The lowest BCUT2D eigenvalue weighted by atomic mass is 10.1. The number of para-hydroxylation sites is 1. The number of carbonyl (C=O) groups excluding carboxylic acids is 4. The minimum atomic E-state index is -0.781. The molecule has 2 aromatic rings. The van der Waals surface area contributed by atoms with E-state index < -0.39 is 31.0 Å². The molecule has 0 aliphatic heterocycles. The van der Waals surface area contributed by atoms with Gasteiger partial charge in [-0.25, -0.2) is 4.79 Å². The monoisotopic (exact) mass is 399 g/mol. The van der Waals surface area contributed by atoms with Crippen molar-refractivity contribution >= 4 is 23.6 Å². The third-order valence-corrected chi connectivity index (χ3v) is 3.82. The highest BCUT2D eigenvalue weighted by Gasteiger charge is 2.16. The first-order valence-electron chi connectivity index (χ1n) is 8.83. The normalized spacial score (nSPS) is 10.0. The molecule has 0 atom stereocenters. The Kier molecular flexibility index (Phi) is 7.90. The van der Waals surface area contributed by atoms with Crippen LogP contribution in [0, 0.1) is 0 Å². The smallest absolute Gasteiger partial charge is 0.344 e. The summed E-state index contributed by atoms with van der Waals surface area (Å²) in [6, 6.07) is 12.7. The van der Waals surface area contributed by atoms with Gasteiger partial charge in [0.1, 0.15) is 11.5 Å². The fraction of sp³-hybridized carbons (Fsp3) is 0.238. The zero-order valence-corrected chi connectivity index (χ0v) is 16.1. The molecule has 0 spiro atoms. The van der Waals surface area contributed by atoms with Crippen LogP contribution < -0.4 is 14.8 Å². The molecule has 2 aromatic carbocycles. The van der Waals surface area contributed by atoms with Crippen molar-refractivity contribution in [2.75, 3.05) is 20.3 Å². The second-order valence-electron chi connectivity index (χ2n) is 5.83. The van der Waals surface area contributed by atoms with Crippen LogP contribution in [0.25, 0.3) is 0 Å². The molecule has 1 N–H and O–H groups in total. The van der Waals surface area contributed by atoms with Gasteiger partial charge < -0.3 is 14.2 Å². The number of nitrogens with one attached hydrogen (secondary N) is 1. The van der Waals surface area contributed by atoms with E-state index in [9.17, 15) is 19.2 Å². The number of rotatable bonds is 9. The van der Waals surface area contributed by atoms with Gasteiger partial charge in [0.15, 0.2) is 19.0 Å². The Morgan fingerprint density at radius 2 is 1.62 bits per heavy atom. The molecule has 29 heavy (non-hydrogen) atoms. The highest BCUT2D eigenvalue weighted by atomic mass is 16.6. The average Bonchev–Trinajstić information content (AvgIpc) is 2.75. The molecule has 0 aliphatic carbocycles. The first-order chi connectivity index (χ1) is 13.9. The van der Waals surface area contributed by atoms with E-state index in [4.69, 9.17) is 14.2 Å². The lowest BCUT2D eigenvalue weighted by Gasteiger charge is -2.09. The van der Waals surface area contributed by atoms with Gasteiger partial charge in [0, 0.05) is 12.0 Å². The van der Waals surface area contributed by atoms with E-state index in [1.807, 2.05) is 0 Å². The van der Waals surface area contributed by atoms with E-state index in [0.717, 1.165) is 0 Å². The number of benzene rings is 2. The van der Waals surface area contributed by atoms with E-state index in [1.54, 1.807) is 49.4 Å². The number of Topliss-reactive ketones (excluding diaryl/α,β-unsaturated/α-hetero) is 1. The third kappa shape index (κ3) is 6.46.